The van der Waals surface area contributed by atoms with E-state index in [4.69, 9.17) is 18.1 Å². The number of amides is 1. The zero-order chi connectivity index (χ0) is 10.5. The van der Waals surface area contributed by atoms with E-state index in [2.05, 4.69) is 16.1 Å². The van der Waals surface area contributed by atoms with Crippen LogP contribution in [0, 0.1) is 5.41 Å². The first-order valence-corrected chi connectivity index (χ1v) is 4.31. The van der Waals surface area contributed by atoms with Crippen LogP contribution in [-0.2, 0) is 4.79 Å². The fraction of sp³-hybridized carbons (Fsp3) is 0.714. The van der Waals surface area contributed by atoms with Crippen LogP contribution < -0.4 is 21.9 Å². The highest BCUT2D eigenvalue weighted by molar-refractivity contribution is 7.80. The van der Waals surface area contributed by atoms with Crippen molar-refractivity contribution in [3.8, 4) is 0 Å². The molecular formula is C7H16N4OS. The highest BCUT2D eigenvalue weighted by Crippen LogP contribution is 2.12. The summed E-state index contributed by atoms with van der Waals surface area (Å²) in [5, 5.41) is 5.73. The average molecular weight is 204 g/mol. The van der Waals surface area contributed by atoms with Crippen LogP contribution in [0.4, 0.5) is 0 Å². The summed E-state index contributed by atoms with van der Waals surface area (Å²) in [7, 11) is 1.60. The van der Waals surface area contributed by atoms with Crippen molar-refractivity contribution in [2.75, 3.05) is 13.6 Å². The van der Waals surface area contributed by atoms with E-state index in [1.165, 1.54) is 0 Å². The molecular weight excluding hydrogens is 188 g/mol. The van der Waals surface area contributed by atoms with Crippen LogP contribution in [0.15, 0.2) is 0 Å². The Morgan fingerprint density at radius 1 is 1.54 bits per heavy atom. The lowest BCUT2D eigenvalue weighted by atomic mass is 9.92. The number of nitrogens with two attached hydrogens (primary N) is 1. The number of hydrogen-bond donors (Lipinski definition) is 4. The number of nitrogens with one attached hydrogen (secondary N) is 3. The average Bonchev–Trinajstić information content (AvgIpc) is 2.12. The van der Waals surface area contributed by atoms with Crippen molar-refractivity contribution < 1.29 is 4.79 Å². The van der Waals surface area contributed by atoms with Gasteiger partial charge in [0.15, 0.2) is 5.11 Å². The number of hydrazine groups is 1. The first-order valence-electron chi connectivity index (χ1n) is 3.90. The monoisotopic (exact) mass is 204 g/mol. The SMILES string of the molecule is CNC(=O)C(C)(C)CNC(=S)NN. The number of thiocarbonyl (C=S) groups is 1. The van der Waals surface area contributed by atoms with Gasteiger partial charge in [0.2, 0.25) is 5.91 Å². The molecule has 0 aromatic heterocycles. The Labute approximate surface area is 83.4 Å². The Hall–Kier alpha value is -0.880. The number of carbonyl (C=O) groups is 1. The second-order valence-electron chi connectivity index (χ2n) is 3.29. The van der Waals surface area contributed by atoms with Gasteiger partial charge < -0.3 is 16.1 Å². The minimum absolute atomic E-state index is 0.0418. The standard InChI is InChI=1S/C7H16N4OS/c1-7(2,5(12)9-3)4-10-6(13)11-8/h4,8H2,1-3H3,(H,9,12)(H2,10,11,13). The van der Waals surface area contributed by atoms with Gasteiger partial charge in [0.05, 0.1) is 5.41 Å². The third kappa shape index (κ3) is 4.05. The zero-order valence-electron chi connectivity index (χ0n) is 8.10. The van der Waals surface area contributed by atoms with Gasteiger partial charge in [-0.25, -0.2) is 5.84 Å². The molecule has 0 spiro atoms. The Bertz CT molecular complexity index is 205. The first-order chi connectivity index (χ1) is 5.94. The molecule has 0 rings (SSSR count). The van der Waals surface area contributed by atoms with Crippen LogP contribution in [0.2, 0.25) is 0 Å². The number of rotatable bonds is 3. The molecule has 1 amide bonds. The Morgan fingerprint density at radius 3 is 2.46 bits per heavy atom. The van der Waals surface area contributed by atoms with Gasteiger partial charge in [0, 0.05) is 13.6 Å². The first kappa shape index (κ1) is 12.1. The second kappa shape index (κ2) is 4.98. The summed E-state index contributed by atoms with van der Waals surface area (Å²) in [6.07, 6.45) is 0. The van der Waals surface area contributed by atoms with Gasteiger partial charge in [0.25, 0.3) is 0 Å². The molecule has 13 heavy (non-hydrogen) atoms. The van der Waals surface area contributed by atoms with Gasteiger partial charge in [0.1, 0.15) is 0 Å². The van der Waals surface area contributed by atoms with Crippen LogP contribution in [0.5, 0.6) is 0 Å². The van der Waals surface area contributed by atoms with Crippen molar-refractivity contribution in [3.63, 3.8) is 0 Å². The Balaban J connectivity index is 4.03. The van der Waals surface area contributed by atoms with Crippen molar-refractivity contribution >= 4 is 23.2 Å². The molecule has 0 fully saturated rings. The normalized spacial score (nSPS) is 10.5. The molecule has 0 aliphatic rings. The lowest BCUT2D eigenvalue weighted by Crippen LogP contribution is -2.47. The van der Waals surface area contributed by atoms with E-state index in [1.54, 1.807) is 7.05 Å². The molecule has 0 radical (unpaired) electrons. The summed E-state index contributed by atoms with van der Waals surface area (Å²) in [6.45, 7) is 4.08. The maximum atomic E-state index is 11.3. The molecule has 5 nitrogen and oxygen atoms in total. The fourth-order valence-electron chi connectivity index (χ4n) is 0.771. The molecule has 0 aliphatic carbocycles. The summed E-state index contributed by atoms with van der Waals surface area (Å²) in [6, 6.07) is 0. The predicted octanol–water partition coefficient (Wildman–Crippen LogP) is -0.904. The highest BCUT2D eigenvalue weighted by atomic mass is 32.1. The van der Waals surface area contributed by atoms with Crippen molar-refractivity contribution in [2.24, 2.45) is 11.3 Å². The van der Waals surface area contributed by atoms with Crippen LogP contribution in [0.25, 0.3) is 0 Å². The molecule has 0 saturated carbocycles. The summed E-state index contributed by atoms with van der Waals surface area (Å²) in [4.78, 5) is 11.3. The minimum atomic E-state index is -0.504. The summed E-state index contributed by atoms with van der Waals surface area (Å²) in [5.41, 5.74) is 1.78. The maximum Gasteiger partial charge on any atom is 0.227 e. The van der Waals surface area contributed by atoms with Gasteiger partial charge >= 0.3 is 0 Å². The van der Waals surface area contributed by atoms with E-state index >= 15 is 0 Å². The van der Waals surface area contributed by atoms with E-state index in [1.807, 2.05) is 13.8 Å². The van der Waals surface area contributed by atoms with Crippen molar-refractivity contribution in [3.05, 3.63) is 0 Å². The van der Waals surface area contributed by atoms with Gasteiger partial charge in [-0.05, 0) is 26.1 Å². The third-order valence-corrected chi connectivity index (χ3v) is 1.93. The van der Waals surface area contributed by atoms with Crippen LogP contribution in [0.3, 0.4) is 0 Å². The summed E-state index contributed by atoms with van der Waals surface area (Å²) < 4.78 is 0. The maximum absolute atomic E-state index is 11.3. The zero-order valence-corrected chi connectivity index (χ0v) is 8.92. The molecule has 0 saturated heterocycles. The van der Waals surface area contributed by atoms with E-state index in [-0.39, 0.29) is 5.91 Å². The molecule has 0 aliphatic heterocycles. The van der Waals surface area contributed by atoms with Gasteiger partial charge in [-0.15, -0.1) is 0 Å². The van der Waals surface area contributed by atoms with E-state index < -0.39 is 5.41 Å². The molecule has 0 aromatic carbocycles. The smallest absolute Gasteiger partial charge is 0.227 e. The third-order valence-electron chi connectivity index (χ3n) is 1.66. The predicted molar refractivity (Wildman–Crippen MR) is 55.8 cm³/mol. The summed E-state index contributed by atoms with van der Waals surface area (Å²) >= 11 is 4.77. The van der Waals surface area contributed by atoms with Gasteiger partial charge in [-0.1, -0.05) is 0 Å². The van der Waals surface area contributed by atoms with Crippen molar-refractivity contribution in [1.82, 2.24) is 16.1 Å². The van der Waals surface area contributed by atoms with E-state index in [0.717, 1.165) is 0 Å². The molecule has 0 bridgehead atoms. The molecule has 0 aromatic rings. The topological polar surface area (TPSA) is 79.2 Å². The van der Waals surface area contributed by atoms with Crippen molar-refractivity contribution in [2.45, 2.75) is 13.8 Å². The van der Waals surface area contributed by atoms with Gasteiger partial charge in [-0.3, -0.25) is 4.79 Å². The molecule has 6 heteroatoms. The second-order valence-corrected chi connectivity index (χ2v) is 3.70. The summed E-state index contributed by atoms with van der Waals surface area (Å²) in [5.74, 6) is 5.01. The quantitative estimate of drug-likeness (QED) is 0.272. The highest BCUT2D eigenvalue weighted by Gasteiger charge is 2.26. The Kier molecular flexibility index (Phi) is 4.64. The van der Waals surface area contributed by atoms with Gasteiger partial charge in [-0.2, -0.15) is 0 Å². The van der Waals surface area contributed by atoms with E-state index in [0.29, 0.717) is 11.7 Å². The number of carbonyl (C=O) groups excluding carboxylic acids is 1. The number of hydrogen-bond acceptors (Lipinski definition) is 3. The lowest BCUT2D eigenvalue weighted by Gasteiger charge is -2.23. The molecule has 5 N–H and O–H groups in total. The van der Waals surface area contributed by atoms with Crippen LogP contribution >= 0.6 is 12.2 Å². The minimum Gasteiger partial charge on any atom is -0.361 e. The molecule has 0 unspecified atom stereocenters. The van der Waals surface area contributed by atoms with E-state index in [9.17, 15) is 4.79 Å². The van der Waals surface area contributed by atoms with Crippen LogP contribution in [-0.4, -0.2) is 24.6 Å². The fourth-order valence-corrected chi connectivity index (χ4v) is 0.843. The van der Waals surface area contributed by atoms with Crippen molar-refractivity contribution in [1.29, 1.82) is 0 Å². The molecule has 0 atom stereocenters. The largest absolute Gasteiger partial charge is 0.361 e. The Morgan fingerprint density at radius 2 is 2.08 bits per heavy atom. The van der Waals surface area contributed by atoms with Crippen LogP contribution in [0.1, 0.15) is 13.8 Å². The molecule has 76 valence electrons. The molecule has 0 heterocycles. The lowest BCUT2D eigenvalue weighted by molar-refractivity contribution is -0.128.